The van der Waals surface area contributed by atoms with Crippen LogP contribution in [0.5, 0.6) is 0 Å². The molecule has 0 saturated heterocycles. The van der Waals surface area contributed by atoms with Gasteiger partial charge in [-0.25, -0.2) is 4.39 Å². The molecule has 2 N–H and O–H groups in total. The highest BCUT2D eigenvalue weighted by Crippen LogP contribution is 2.35. The maximum absolute atomic E-state index is 13.1. The lowest BCUT2D eigenvalue weighted by Gasteiger charge is -2.10. The highest BCUT2D eigenvalue weighted by Gasteiger charge is 2.31. The third-order valence-corrected chi connectivity index (χ3v) is 2.35. The number of rotatable bonds is 1. The average molecular weight is 225 g/mol. The van der Waals surface area contributed by atoms with E-state index < -0.39 is 23.2 Å². The van der Waals surface area contributed by atoms with E-state index in [1.165, 1.54) is 6.26 Å². The summed E-state index contributed by atoms with van der Waals surface area (Å²) in [5.74, 6) is -0.800. The van der Waals surface area contributed by atoms with Crippen molar-refractivity contribution in [3.8, 4) is 0 Å². The predicted octanol–water partition coefficient (Wildman–Crippen LogP) is 3.15. The van der Waals surface area contributed by atoms with Crippen LogP contribution >= 0.6 is 11.8 Å². The van der Waals surface area contributed by atoms with Gasteiger partial charge in [0.05, 0.1) is 11.3 Å². The Morgan fingerprint density at radius 3 is 2.29 bits per heavy atom. The lowest BCUT2D eigenvalue weighted by atomic mass is 10.2. The van der Waals surface area contributed by atoms with Gasteiger partial charge < -0.3 is 5.73 Å². The molecule has 0 heterocycles. The Kier molecular flexibility index (Phi) is 2.94. The van der Waals surface area contributed by atoms with Crippen LogP contribution in [0.15, 0.2) is 17.0 Å². The summed E-state index contributed by atoms with van der Waals surface area (Å²) in [6, 6.07) is 1.34. The molecule has 1 aromatic carbocycles. The van der Waals surface area contributed by atoms with Crippen molar-refractivity contribution in [2.45, 2.75) is 11.1 Å². The highest BCUT2D eigenvalue weighted by atomic mass is 32.2. The first kappa shape index (κ1) is 11.2. The van der Waals surface area contributed by atoms with Crippen LogP contribution in [0.2, 0.25) is 0 Å². The van der Waals surface area contributed by atoms with E-state index in [-0.39, 0.29) is 4.90 Å². The number of thioether (sulfide) groups is 1. The van der Waals surface area contributed by atoms with Gasteiger partial charge in [-0.05, 0) is 18.4 Å². The summed E-state index contributed by atoms with van der Waals surface area (Å²) in [5.41, 5.74) is 3.69. The maximum Gasteiger partial charge on any atom is 0.416 e. The minimum Gasteiger partial charge on any atom is -0.396 e. The second-order valence-corrected chi connectivity index (χ2v) is 3.43. The molecule has 0 bridgehead atoms. The van der Waals surface area contributed by atoms with Gasteiger partial charge in [0.2, 0.25) is 0 Å². The molecule has 1 nitrogen and oxygen atoms in total. The van der Waals surface area contributed by atoms with Crippen LogP contribution in [-0.2, 0) is 6.18 Å². The first-order valence-corrected chi connectivity index (χ1v) is 4.79. The van der Waals surface area contributed by atoms with Crippen molar-refractivity contribution in [1.29, 1.82) is 0 Å². The molecule has 0 radical (unpaired) electrons. The van der Waals surface area contributed by atoms with E-state index in [0.717, 1.165) is 17.8 Å². The van der Waals surface area contributed by atoms with Crippen LogP contribution in [0.3, 0.4) is 0 Å². The van der Waals surface area contributed by atoms with E-state index in [2.05, 4.69) is 0 Å². The number of anilines is 1. The van der Waals surface area contributed by atoms with Gasteiger partial charge in [0, 0.05) is 4.90 Å². The molecular formula is C8H7F4NS. The molecule has 1 rings (SSSR count). The molecule has 0 atom stereocenters. The number of nitrogens with two attached hydrogens (primary N) is 1. The molecule has 0 saturated carbocycles. The van der Waals surface area contributed by atoms with Crippen LogP contribution in [0, 0.1) is 5.82 Å². The highest BCUT2D eigenvalue weighted by molar-refractivity contribution is 7.98. The van der Waals surface area contributed by atoms with Gasteiger partial charge in [-0.1, -0.05) is 0 Å². The Morgan fingerprint density at radius 2 is 1.86 bits per heavy atom. The molecule has 78 valence electrons. The van der Waals surface area contributed by atoms with E-state index in [9.17, 15) is 17.6 Å². The van der Waals surface area contributed by atoms with Crippen molar-refractivity contribution in [2.75, 3.05) is 12.0 Å². The summed E-state index contributed by atoms with van der Waals surface area (Å²) in [7, 11) is 0. The smallest absolute Gasteiger partial charge is 0.396 e. The predicted molar refractivity (Wildman–Crippen MR) is 47.6 cm³/mol. The molecule has 0 amide bonds. The summed E-state index contributed by atoms with van der Waals surface area (Å²) in [5, 5.41) is 0. The Bertz CT molecular complexity index is 348. The van der Waals surface area contributed by atoms with E-state index in [1.54, 1.807) is 0 Å². The summed E-state index contributed by atoms with van der Waals surface area (Å²) >= 11 is 0.885. The van der Waals surface area contributed by atoms with Crippen LogP contribution in [-0.4, -0.2) is 6.26 Å². The van der Waals surface area contributed by atoms with Gasteiger partial charge in [0.15, 0.2) is 5.82 Å². The number of nitrogen functional groups attached to an aromatic ring is 1. The Morgan fingerprint density at radius 1 is 1.29 bits per heavy atom. The quantitative estimate of drug-likeness (QED) is 0.451. The normalized spacial score (nSPS) is 11.8. The lowest BCUT2D eigenvalue weighted by molar-refractivity contribution is -0.137. The van der Waals surface area contributed by atoms with Crippen molar-refractivity contribution in [1.82, 2.24) is 0 Å². The average Bonchev–Trinajstić information content (AvgIpc) is 2.07. The van der Waals surface area contributed by atoms with Crippen molar-refractivity contribution < 1.29 is 17.6 Å². The molecule has 0 aliphatic carbocycles. The SMILES string of the molecule is CSc1cc(C(F)(F)F)cc(N)c1F. The number of benzene rings is 1. The summed E-state index contributed by atoms with van der Waals surface area (Å²) in [4.78, 5) is -0.0997. The van der Waals surface area contributed by atoms with E-state index >= 15 is 0 Å². The van der Waals surface area contributed by atoms with Crippen molar-refractivity contribution >= 4 is 17.4 Å². The van der Waals surface area contributed by atoms with Gasteiger partial charge in [-0.15, -0.1) is 11.8 Å². The topological polar surface area (TPSA) is 26.0 Å². The van der Waals surface area contributed by atoms with Crippen LogP contribution in [0.1, 0.15) is 5.56 Å². The Balaban J connectivity index is 3.30. The lowest BCUT2D eigenvalue weighted by Crippen LogP contribution is -2.07. The van der Waals surface area contributed by atoms with Gasteiger partial charge in [-0.3, -0.25) is 0 Å². The molecule has 14 heavy (non-hydrogen) atoms. The zero-order valence-electron chi connectivity index (χ0n) is 7.15. The molecule has 0 aromatic heterocycles. The molecule has 0 aliphatic heterocycles. The summed E-state index contributed by atoms with van der Waals surface area (Å²) < 4.78 is 49.7. The minimum atomic E-state index is -4.49. The molecular weight excluding hydrogens is 218 g/mol. The fraction of sp³-hybridized carbons (Fsp3) is 0.250. The molecule has 0 spiro atoms. The van der Waals surface area contributed by atoms with Crippen molar-refractivity contribution in [2.24, 2.45) is 0 Å². The molecule has 0 aliphatic rings. The maximum atomic E-state index is 13.1. The second kappa shape index (κ2) is 3.68. The second-order valence-electron chi connectivity index (χ2n) is 2.58. The van der Waals surface area contributed by atoms with E-state index in [1.807, 2.05) is 0 Å². The van der Waals surface area contributed by atoms with Crippen LogP contribution < -0.4 is 5.73 Å². The van der Waals surface area contributed by atoms with Gasteiger partial charge in [0.1, 0.15) is 0 Å². The van der Waals surface area contributed by atoms with Crippen molar-refractivity contribution in [3.05, 3.63) is 23.5 Å². The Hall–Kier alpha value is -0.910. The fourth-order valence-corrected chi connectivity index (χ4v) is 1.47. The molecule has 0 fully saturated rings. The van der Waals surface area contributed by atoms with Gasteiger partial charge >= 0.3 is 6.18 Å². The Labute approximate surface area is 82.3 Å². The van der Waals surface area contributed by atoms with Gasteiger partial charge in [-0.2, -0.15) is 13.2 Å². The van der Waals surface area contributed by atoms with Crippen molar-refractivity contribution in [3.63, 3.8) is 0 Å². The molecule has 1 aromatic rings. The van der Waals surface area contributed by atoms with E-state index in [4.69, 9.17) is 5.73 Å². The largest absolute Gasteiger partial charge is 0.416 e. The van der Waals surface area contributed by atoms with Gasteiger partial charge in [0.25, 0.3) is 0 Å². The summed E-state index contributed by atoms with van der Waals surface area (Å²) in [6.45, 7) is 0. The van der Waals surface area contributed by atoms with Crippen LogP contribution in [0.25, 0.3) is 0 Å². The number of hydrogen-bond donors (Lipinski definition) is 1. The zero-order valence-corrected chi connectivity index (χ0v) is 7.97. The van der Waals surface area contributed by atoms with E-state index in [0.29, 0.717) is 6.07 Å². The standard InChI is InChI=1S/C8H7F4NS/c1-14-6-3-4(8(10,11)12)2-5(13)7(6)9/h2-3H,13H2,1H3. The monoisotopic (exact) mass is 225 g/mol. The van der Waals surface area contributed by atoms with Crippen LogP contribution in [0.4, 0.5) is 23.2 Å². The summed E-state index contributed by atoms with van der Waals surface area (Å²) in [6.07, 6.45) is -3.01. The third-order valence-electron chi connectivity index (χ3n) is 1.61. The number of halogens is 4. The fourth-order valence-electron chi connectivity index (χ4n) is 0.932. The minimum absolute atomic E-state index is 0.0997. The first-order chi connectivity index (χ1) is 6.36. The third kappa shape index (κ3) is 2.12. The molecule has 0 unspecified atom stereocenters. The molecule has 6 heteroatoms. The zero-order chi connectivity index (χ0) is 10.9. The number of hydrogen-bond acceptors (Lipinski definition) is 2. The first-order valence-electron chi connectivity index (χ1n) is 3.56. The number of alkyl halides is 3.